The number of amides is 1. The number of carbonyl (C=O) groups excluding carboxylic acids is 1. The van der Waals surface area contributed by atoms with Crippen LogP contribution in [0.25, 0.3) is 5.65 Å². The molecule has 3 heterocycles. The molecule has 0 bridgehead atoms. The molecular formula is C15H19N7O. The zero-order valence-corrected chi connectivity index (χ0v) is 13.4. The van der Waals surface area contributed by atoms with E-state index in [1.165, 1.54) is 6.33 Å². The minimum atomic E-state index is -0.224. The summed E-state index contributed by atoms with van der Waals surface area (Å²) in [5.41, 5.74) is 1.96. The molecule has 0 aromatic carbocycles. The molecule has 0 fully saturated rings. The fraction of sp³-hybridized carbons (Fsp3) is 0.400. The molecule has 0 aliphatic carbocycles. The van der Waals surface area contributed by atoms with Gasteiger partial charge in [-0.2, -0.15) is 10.2 Å². The molecule has 0 unspecified atom stereocenters. The van der Waals surface area contributed by atoms with Crippen LogP contribution >= 0.6 is 0 Å². The molecule has 3 rings (SSSR count). The zero-order valence-electron chi connectivity index (χ0n) is 13.4. The van der Waals surface area contributed by atoms with Gasteiger partial charge in [-0.25, -0.2) is 14.5 Å². The van der Waals surface area contributed by atoms with Gasteiger partial charge in [0.25, 0.3) is 5.91 Å². The van der Waals surface area contributed by atoms with Crippen molar-refractivity contribution in [1.82, 2.24) is 34.7 Å². The maximum absolute atomic E-state index is 12.2. The minimum Gasteiger partial charge on any atom is -0.349 e. The van der Waals surface area contributed by atoms with Crippen LogP contribution in [-0.2, 0) is 12.0 Å². The summed E-state index contributed by atoms with van der Waals surface area (Å²) in [6, 6.07) is 3.48. The Morgan fingerprint density at radius 1 is 1.30 bits per heavy atom. The molecule has 23 heavy (non-hydrogen) atoms. The first-order chi connectivity index (χ1) is 10.9. The standard InChI is InChI=1S/C15H19N7O/c1-15(2,3)12-8-22-13(19-12)5-4-11(20-22)14(23)17-6-7-21-10-16-9-18-21/h4-5,8-10H,6-7H2,1-3H3,(H,17,23). The normalized spacial score (nSPS) is 11.8. The predicted molar refractivity (Wildman–Crippen MR) is 84.0 cm³/mol. The van der Waals surface area contributed by atoms with Gasteiger partial charge >= 0.3 is 0 Å². The maximum Gasteiger partial charge on any atom is 0.271 e. The van der Waals surface area contributed by atoms with Crippen molar-refractivity contribution in [3.8, 4) is 0 Å². The summed E-state index contributed by atoms with van der Waals surface area (Å²) in [6.07, 6.45) is 4.93. The van der Waals surface area contributed by atoms with Crippen molar-refractivity contribution in [3.05, 3.63) is 42.4 Å². The van der Waals surface area contributed by atoms with Gasteiger partial charge in [-0.3, -0.25) is 9.48 Å². The molecule has 120 valence electrons. The van der Waals surface area contributed by atoms with Crippen molar-refractivity contribution in [1.29, 1.82) is 0 Å². The second kappa shape index (κ2) is 5.79. The van der Waals surface area contributed by atoms with E-state index in [2.05, 4.69) is 46.3 Å². The summed E-state index contributed by atoms with van der Waals surface area (Å²) in [7, 11) is 0. The summed E-state index contributed by atoms with van der Waals surface area (Å²) in [4.78, 5) is 20.5. The van der Waals surface area contributed by atoms with Gasteiger partial charge in [0.05, 0.1) is 18.4 Å². The third kappa shape index (κ3) is 3.36. The van der Waals surface area contributed by atoms with Crippen molar-refractivity contribution < 1.29 is 4.79 Å². The molecule has 8 heteroatoms. The van der Waals surface area contributed by atoms with Crippen LogP contribution in [0.15, 0.2) is 31.0 Å². The van der Waals surface area contributed by atoms with Gasteiger partial charge in [0.1, 0.15) is 18.3 Å². The molecule has 1 N–H and O–H groups in total. The van der Waals surface area contributed by atoms with Crippen molar-refractivity contribution in [2.24, 2.45) is 0 Å². The van der Waals surface area contributed by atoms with Crippen LogP contribution in [0, 0.1) is 0 Å². The number of hydrogen-bond donors (Lipinski definition) is 1. The van der Waals surface area contributed by atoms with Crippen molar-refractivity contribution >= 4 is 11.6 Å². The third-order valence-corrected chi connectivity index (χ3v) is 3.41. The van der Waals surface area contributed by atoms with Gasteiger partial charge in [0.15, 0.2) is 5.65 Å². The summed E-state index contributed by atoms with van der Waals surface area (Å²) in [6.45, 7) is 7.29. The summed E-state index contributed by atoms with van der Waals surface area (Å²) < 4.78 is 3.30. The van der Waals surface area contributed by atoms with Crippen LogP contribution in [-0.4, -0.2) is 41.8 Å². The highest BCUT2D eigenvalue weighted by molar-refractivity contribution is 5.92. The van der Waals surface area contributed by atoms with Gasteiger partial charge in [0, 0.05) is 12.0 Å². The molecule has 3 aromatic rings. The lowest BCUT2D eigenvalue weighted by Gasteiger charge is -2.13. The molecule has 0 aliphatic rings. The topological polar surface area (TPSA) is 90.0 Å². The number of carbonyl (C=O) groups is 1. The first-order valence-electron chi connectivity index (χ1n) is 7.41. The average Bonchev–Trinajstić information content (AvgIpc) is 3.14. The van der Waals surface area contributed by atoms with E-state index < -0.39 is 0 Å². The Labute approximate surface area is 133 Å². The largest absolute Gasteiger partial charge is 0.349 e. The fourth-order valence-corrected chi connectivity index (χ4v) is 2.09. The first-order valence-corrected chi connectivity index (χ1v) is 7.41. The Hall–Kier alpha value is -2.77. The van der Waals surface area contributed by atoms with Crippen molar-refractivity contribution in [2.45, 2.75) is 32.7 Å². The Balaban J connectivity index is 1.70. The monoisotopic (exact) mass is 313 g/mol. The van der Waals surface area contributed by atoms with E-state index >= 15 is 0 Å². The highest BCUT2D eigenvalue weighted by Gasteiger charge is 2.18. The molecule has 0 spiro atoms. The van der Waals surface area contributed by atoms with Gasteiger partial charge in [-0.05, 0) is 12.1 Å². The van der Waals surface area contributed by atoms with Crippen LogP contribution in [0.5, 0.6) is 0 Å². The highest BCUT2D eigenvalue weighted by Crippen LogP contribution is 2.21. The summed E-state index contributed by atoms with van der Waals surface area (Å²) in [5.74, 6) is -0.224. The Morgan fingerprint density at radius 3 is 2.83 bits per heavy atom. The SMILES string of the molecule is CC(C)(C)c1cn2nc(C(=O)NCCn3cncn3)ccc2n1. The molecule has 0 radical (unpaired) electrons. The van der Waals surface area contributed by atoms with E-state index in [1.807, 2.05) is 6.20 Å². The first kappa shape index (κ1) is 15.1. The van der Waals surface area contributed by atoms with Crippen LogP contribution in [0.4, 0.5) is 0 Å². The lowest BCUT2D eigenvalue weighted by Crippen LogP contribution is -2.28. The van der Waals surface area contributed by atoms with E-state index in [4.69, 9.17) is 0 Å². The number of aromatic nitrogens is 6. The molecule has 1 amide bonds. The van der Waals surface area contributed by atoms with Crippen LogP contribution in [0.1, 0.15) is 37.0 Å². The lowest BCUT2D eigenvalue weighted by atomic mass is 9.93. The summed E-state index contributed by atoms with van der Waals surface area (Å²) >= 11 is 0. The number of imidazole rings is 1. The van der Waals surface area contributed by atoms with E-state index in [-0.39, 0.29) is 11.3 Å². The Kier molecular flexibility index (Phi) is 3.81. The van der Waals surface area contributed by atoms with Gasteiger partial charge in [-0.1, -0.05) is 20.8 Å². The van der Waals surface area contributed by atoms with Crippen LogP contribution < -0.4 is 5.32 Å². The lowest BCUT2D eigenvalue weighted by molar-refractivity contribution is 0.0945. The predicted octanol–water partition coefficient (Wildman–Crippen LogP) is 1.05. The summed E-state index contributed by atoms with van der Waals surface area (Å²) in [5, 5.41) is 11.1. The maximum atomic E-state index is 12.2. The van der Waals surface area contributed by atoms with E-state index in [0.717, 1.165) is 11.3 Å². The van der Waals surface area contributed by atoms with Gasteiger partial charge < -0.3 is 5.32 Å². The molecule has 0 saturated carbocycles. The van der Waals surface area contributed by atoms with Crippen molar-refractivity contribution in [3.63, 3.8) is 0 Å². The Morgan fingerprint density at radius 2 is 2.13 bits per heavy atom. The number of fused-ring (bicyclic) bond motifs is 1. The number of nitrogens with one attached hydrogen (secondary N) is 1. The minimum absolute atomic E-state index is 0.0616. The average molecular weight is 313 g/mol. The van der Waals surface area contributed by atoms with E-state index in [1.54, 1.807) is 27.7 Å². The molecule has 0 aliphatic heterocycles. The van der Waals surface area contributed by atoms with Gasteiger partial charge in [-0.15, -0.1) is 0 Å². The van der Waals surface area contributed by atoms with Crippen LogP contribution in [0.3, 0.4) is 0 Å². The number of rotatable bonds is 4. The second-order valence-electron chi connectivity index (χ2n) is 6.31. The molecule has 0 saturated heterocycles. The number of hydrogen-bond acceptors (Lipinski definition) is 5. The zero-order chi connectivity index (χ0) is 16.4. The Bertz CT molecular complexity index is 814. The highest BCUT2D eigenvalue weighted by atomic mass is 16.1. The molecular weight excluding hydrogens is 294 g/mol. The van der Waals surface area contributed by atoms with E-state index in [9.17, 15) is 4.79 Å². The molecule has 3 aromatic heterocycles. The number of nitrogens with zero attached hydrogens (tertiary/aromatic N) is 6. The third-order valence-electron chi connectivity index (χ3n) is 3.41. The van der Waals surface area contributed by atoms with Crippen molar-refractivity contribution in [2.75, 3.05) is 6.54 Å². The molecule has 8 nitrogen and oxygen atoms in total. The smallest absolute Gasteiger partial charge is 0.271 e. The van der Waals surface area contributed by atoms with Crippen LogP contribution in [0.2, 0.25) is 0 Å². The van der Waals surface area contributed by atoms with Gasteiger partial charge in [0.2, 0.25) is 0 Å². The molecule has 0 atom stereocenters. The second-order valence-corrected chi connectivity index (χ2v) is 6.31. The quantitative estimate of drug-likeness (QED) is 0.777. The fourth-order valence-electron chi connectivity index (χ4n) is 2.09. The van der Waals surface area contributed by atoms with E-state index in [0.29, 0.717) is 18.8 Å².